The molecule has 3 aliphatic heterocycles. The summed E-state index contributed by atoms with van der Waals surface area (Å²) in [6.07, 6.45) is 6.23. The first-order valence-corrected chi connectivity index (χ1v) is 11.2. The fourth-order valence-corrected chi connectivity index (χ4v) is 4.73. The Balaban J connectivity index is 1.50. The maximum absolute atomic E-state index is 11.2. The van der Waals surface area contributed by atoms with Gasteiger partial charge in [-0.1, -0.05) is 36.3 Å². The lowest BCUT2D eigenvalue weighted by molar-refractivity contribution is -0.0713. The van der Waals surface area contributed by atoms with Crippen molar-refractivity contribution in [2.45, 2.75) is 24.9 Å². The second-order valence-electron chi connectivity index (χ2n) is 8.60. The number of piperidine rings is 3. The first-order valence-electron chi connectivity index (χ1n) is 11.2. The molecule has 0 spiro atoms. The molecule has 0 amide bonds. The van der Waals surface area contributed by atoms with E-state index in [-0.39, 0.29) is 5.92 Å². The number of rotatable bonds is 4. The molecule has 2 N–H and O–H groups in total. The fourth-order valence-electron chi connectivity index (χ4n) is 4.73. The number of aromatic nitrogens is 3. The molecule has 2 aromatic heterocycles. The highest BCUT2D eigenvalue weighted by atomic mass is 16.3. The van der Waals surface area contributed by atoms with Crippen LogP contribution in [0.1, 0.15) is 29.8 Å². The lowest BCUT2D eigenvalue weighted by atomic mass is 9.76. The van der Waals surface area contributed by atoms with Crippen LogP contribution >= 0.6 is 0 Å². The molecule has 1 aromatic carbocycles. The van der Waals surface area contributed by atoms with E-state index in [1.54, 1.807) is 12.4 Å². The molecule has 6 nitrogen and oxygen atoms in total. The summed E-state index contributed by atoms with van der Waals surface area (Å²) in [5.41, 5.74) is 3.23. The van der Waals surface area contributed by atoms with Gasteiger partial charge in [-0.2, -0.15) is 0 Å². The Hall–Kier alpha value is -3.27. The highest BCUT2D eigenvalue weighted by molar-refractivity contribution is 5.75. The van der Waals surface area contributed by atoms with Gasteiger partial charge in [-0.15, -0.1) is 0 Å². The number of nitrogens with zero attached hydrogens (tertiary/aromatic N) is 4. The average Bonchev–Trinajstić information content (AvgIpc) is 2.84. The van der Waals surface area contributed by atoms with Crippen molar-refractivity contribution < 1.29 is 5.11 Å². The molecule has 1 unspecified atom stereocenters. The van der Waals surface area contributed by atoms with Crippen molar-refractivity contribution in [2.24, 2.45) is 5.92 Å². The van der Waals surface area contributed by atoms with E-state index in [1.165, 1.54) is 5.56 Å². The van der Waals surface area contributed by atoms with Crippen molar-refractivity contribution >= 4 is 5.82 Å². The Labute approximate surface area is 188 Å². The second-order valence-corrected chi connectivity index (χ2v) is 8.60. The van der Waals surface area contributed by atoms with Gasteiger partial charge in [0.15, 0.2) is 5.82 Å². The molecular formula is C26H27N5O. The summed E-state index contributed by atoms with van der Waals surface area (Å²) in [5.74, 6) is 7.29. The predicted octanol–water partition coefficient (Wildman–Crippen LogP) is 2.98. The zero-order valence-corrected chi connectivity index (χ0v) is 18.3. The summed E-state index contributed by atoms with van der Waals surface area (Å²) in [5, 5.41) is 14.4. The molecule has 0 aliphatic carbocycles. The molecule has 3 aromatic rings. The van der Waals surface area contributed by atoms with E-state index in [0.717, 1.165) is 42.9 Å². The zero-order chi connectivity index (χ0) is 22.0. The molecule has 6 rings (SSSR count). The molecule has 3 aliphatic rings. The van der Waals surface area contributed by atoms with Crippen LogP contribution in [0.3, 0.4) is 0 Å². The SMILES string of the molecule is CNc1ncc(Cc2ccccc2)nc1-c1cccnc1C#CC1(O)CN2CCC1CC2. The topological polar surface area (TPSA) is 74.2 Å². The van der Waals surface area contributed by atoms with E-state index in [4.69, 9.17) is 4.98 Å². The van der Waals surface area contributed by atoms with E-state index in [1.807, 2.05) is 37.4 Å². The van der Waals surface area contributed by atoms with Crippen LogP contribution in [0.15, 0.2) is 54.9 Å². The molecule has 1 atom stereocenters. The minimum absolute atomic E-state index is 0.231. The number of hydrogen-bond acceptors (Lipinski definition) is 6. The monoisotopic (exact) mass is 425 g/mol. The van der Waals surface area contributed by atoms with Crippen molar-refractivity contribution in [3.63, 3.8) is 0 Å². The molecule has 3 saturated heterocycles. The van der Waals surface area contributed by atoms with Crippen molar-refractivity contribution in [3.05, 3.63) is 71.8 Å². The van der Waals surface area contributed by atoms with Crippen molar-refractivity contribution in [1.82, 2.24) is 19.9 Å². The van der Waals surface area contributed by atoms with E-state index in [2.05, 4.69) is 44.2 Å². The Bertz CT molecular complexity index is 1160. The third kappa shape index (κ3) is 4.10. The molecular weight excluding hydrogens is 398 g/mol. The lowest BCUT2D eigenvalue weighted by Crippen LogP contribution is -2.58. The molecule has 0 saturated carbocycles. The van der Waals surface area contributed by atoms with Gasteiger partial charge in [0.2, 0.25) is 0 Å². The van der Waals surface area contributed by atoms with Crippen molar-refractivity contribution in [2.75, 3.05) is 32.0 Å². The fraction of sp³-hybridized carbons (Fsp3) is 0.346. The van der Waals surface area contributed by atoms with Gasteiger partial charge in [-0.3, -0.25) is 4.90 Å². The van der Waals surface area contributed by atoms with Gasteiger partial charge in [-0.05, 0) is 49.5 Å². The zero-order valence-electron chi connectivity index (χ0n) is 18.3. The van der Waals surface area contributed by atoms with Crippen LogP contribution in [0.4, 0.5) is 5.82 Å². The number of fused-ring (bicyclic) bond motifs is 3. The third-order valence-electron chi connectivity index (χ3n) is 6.48. The van der Waals surface area contributed by atoms with Gasteiger partial charge >= 0.3 is 0 Å². The minimum atomic E-state index is -0.974. The summed E-state index contributed by atoms with van der Waals surface area (Å²) in [6, 6.07) is 14.1. The van der Waals surface area contributed by atoms with Crippen LogP contribution in [-0.2, 0) is 6.42 Å². The van der Waals surface area contributed by atoms with Crippen LogP contribution < -0.4 is 5.32 Å². The summed E-state index contributed by atoms with van der Waals surface area (Å²) < 4.78 is 0. The summed E-state index contributed by atoms with van der Waals surface area (Å²) in [6.45, 7) is 2.72. The molecule has 2 bridgehead atoms. The number of pyridine rings is 1. The van der Waals surface area contributed by atoms with Crippen molar-refractivity contribution in [3.8, 4) is 23.1 Å². The second kappa shape index (κ2) is 8.70. The molecule has 3 fully saturated rings. The quantitative estimate of drug-likeness (QED) is 0.626. The van der Waals surface area contributed by atoms with Crippen LogP contribution in [0.5, 0.6) is 0 Å². The largest absolute Gasteiger partial charge is 0.376 e. The number of nitrogens with one attached hydrogen (secondary N) is 1. The van der Waals surface area contributed by atoms with Gasteiger partial charge in [0.25, 0.3) is 0 Å². The number of aliphatic hydroxyl groups is 1. The van der Waals surface area contributed by atoms with Gasteiger partial charge < -0.3 is 10.4 Å². The summed E-state index contributed by atoms with van der Waals surface area (Å²) >= 11 is 0. The highest BCUT2D eigenvalue weighted by Gasteiger charge is 2.44. The molecule has 5 heterocycles. The third-order valence-corrected chi connectivity index (χ3v) is 6.48. The highest BCUT2D eigenvalue weighted by Crippen LogP contribution is 2.35. The van der Waals surface area contributed by atoms with Crippen LogP contribution in [0, 0.1) is 17.8 Å². The van der Waals surface area contributed by atoms with Crippen LogP contribution in [0.25, 0.3) is 11.3 Å². The van der Waals surface area contributed by atoms with Gasteiger partial charge in [0.1, 0.15) is 17.0 Å². The van der Waals surface area contributed by atoms with Crippen molar-refractivity contribution in [1.29, 1.82) is 0 Å². The standard InChI is InChI=1S/C26H27N5O/c1-27-25-24(30-21(17-29-25)16-19-6-3-2-4-7-19)22-8-5-13-28-23(22)9-12-26(32)18-31-14-10-20(26)11-15-31/h2-8,13,17,20,32H,10-11,14-16,18H2,1H3,(H,27,29). The normalized spacial score (nSPS) is 23.9. The van der Waals surface area contributed by atoms with Gasteiger partial charge in [-0.25, -0.2) is 15.0 Å². The Kier molecular flexibility index (Phi) is 5.60. The van der Waals surface area contributed by atoms with E-state index < -0.39 is 5.60 Å². The van der Waals surface area contributed by atoms with Gasteiger partial charge in [0.05, 0.1) is 11.9 Å². The Morgan fingerprint density at radius 3 is 2.66 bits per heavy atom. The Morgan fingerprint density at radius 2 is 1.94 bits per heavy atom. The minimum Gasteiger partial charge on any atom is -0.376 e. The molecule has 32 heavy (non-hydrogen) atoms. The number of benzene rings is 1. The maximum atomic E-state index is 11.2. The predicted molar refractivity (Wildman–Crippen MR) is 125 cm³/mol. The van der Waals surface area contributed by atoms with E-state index in [0.29, 0.717) is 24.5 Å². The summed E-state index contributed by atoms with van der Waals surface area (Å²) in [7, 11) is 1.84. The number of anilines is 1. The van der Waals surface area contributed by atoms with Crippen LogP contribution in [0.2, 0.25) is 0 Å². The first kappa shape index (κ1) is 20.6. The average molecular weight is 426 g/mol. The van der Waals surface area contributed by atoms with Gasteiger partial charge in [0, 0.05) is 37.7 Å². The molecule has 6 heteroatoms. The first-order chi connectivity index (χ1) is 15.6. The number of hydrogen-bond donors (Lipinski definition) is 2. The molecule has 0 radical (unpaired) electrons. The molecule has 162 valence electrons. The maximum Gasteiger partial charge on any atom is 0.152 e. The van der Waals surface area contributed by atoms with E-state index in [9.17, 15) is 5.11 Å². The Morgan fingerprint density at radius 1 is 1.12 bits per heavy atom. The summed E-state index contributed by atoms with van der Waals surface area (Å²) in [4.78, 5) is 16.3. The van der Waals surface area contributed by atoms with Crippen LogP contribution in [-0.4, -0.2) is 57.2 Å². The smallest absolute Gasteiger partial charge is 0.152 e. The van der Waals surface area contributed by atoms with E-state index >= 15 is 0 Å². The lowest BCUT2D eigenvalue weighted by Gasteiger charge is -2.47.